The fourth-order valence-electron chi connectivity index (χ4n) is 2.02. The van der Waals surface area contributed by atoms with Crippen LogP contribution in [0.1, 0.15) is 32.0 Å². The first-order valence-corrected chi connectivity index (χ1v) is 8.95. The molecule has 1 aromatic heterocycles. The second kappa shape index (κ2) is 7.41. The third kappa shape index (κ3) is 5.29. The first kappa shape index (κ1) is 17.9. The third-order valence-corrected chi connectivity index (χ3v) is 4.55. The number of hydrogen-bond acceptors (Lipinski definition) is 3. The van der Waals surface area contributed by atoms with Crippen molar-refractivity contribution >= 4 is 35.1 Å². The number of benzene rings is 1. The van der Waals surface area contributed by atoms with Crippen molar-refractivity contribution in [2.75, 3.05) is 11.1 Å². The van der Waals surface area contributed by atoms with E-state index < -0.39 is 0 Å². The van der Waals surface area contributed by atoms with Crippen LogP contribution in [-0.4, -0.2) is 21.4 Å². The van der Waals surface area contributed by atoms with Gasteiger partial charge in [0.1, 0.15) is 5.82 Å². The lowest BCUT2D eigenvalue weighted by molar-refractivity contribution is -0.113. The fraction of sp³-hybridized carbons (Fsp3) is 0.412. The van der Waals surface area contributed by atoms with Gasteiger partial charge in [0.25, 0.3) is 0 Å². The van der Waals surface area contributed by atoms with Crippen LogP contribution in [0.25, 0.3) is 0 Å². The number of halogens is 1. The summed E-state index contributed by atoms with van der Waals surface area (Å²) in [6.45, 7) is 6.30. The second-order valence-electron chi connectivity index (χ2n) is 6.46. The van der Waals surface area contributed by atoms with Crippen molar-refractivity contribution in [2.24, 2.45) is 7.05 Å². The molecule has 23 heavy (non-hydrogen) atoms. The molecule has 0 aliphatic heterocycles. The molecule has 0 unspecified atom stereocenters. The Labute approximate surface area is 146 Å². The monoisotopic (exact) mass is 351 g/mol. The maximum absolute atomic E-state index is 12.1. The van der Waals surface area contributed by atoms with E-state index in [-0.39, 0.29) is 11.3 Å². The molecular formula is C17H22ClN3OS. The number of aryl methyl sites for hydroxylation is 1. The van der Waals surface area contributed by atoms with E-state index in [9.17, 15) is 4.79 Å². The van der Waals surface area contributed by atoms with Crippen molar-refractivity contribution < 1.29 is 4.79 Å². The van der Waals surface area contributed by atoms with E-state index in [1.54, 1.807) is 16.4 Å². The Hall–Kier alpha value is -1.46. The van der Waals surface area contributed by atoms with Gasteiger partial charge in [0.05, 0.1) is 11.4 Å². The van der Waals surface area contributed by atoms with E-state index in [0.717, 1.165) is 27.9 Å². The van der Waals surface area contributed by atoms with Crippen LogP contribution in [0.2, 0.25) is 5.02 Å². The molecule has 1 amide bonds. The van der Waals surface area contributed by atoms with E-state index in [1.807, 2.05) is 37.4 Å². The number of nitrogens with zero attached hydrogens (tertiary/aromatic N) is 2. The molecule has 6 heteroatoms. The van der Waals surface area contributed by atoms with Gasteiger partial charge in [0.15, 0.2) is 0 Å². The maximum Gasteiger partial charge on any atom is 0.235 e. The first-order valence-electron chi connectivity index (χ1n) is 7.42. The van der Waals surface area contributed by atoms with E-state index >= 15 is 0 Å². The molecule has 0 aliphatic rings. The summed E-state index contributed by atoms with van der Waals surface area (Å²) in [6.07, 6.45) is 0. The van der Waals surface area contributed by atoms with Gasteiger partial charge in [-0.3, -0.25) is 9.48 Å². The molecule has 4 nitrogen and oxygen atoms in total. The summed E-state index contributed by atoms with van der Waals surface area (Å²) in [5.74, 6) is 1.85. The van der Waals surface area contributed by atoms with Crippen LogP contribution in [-0.2, 0) is 23.0 Å². The molecule has 1 heterocycles. The summed E-state index contributed by atoms with van der Waals surface area (Å²) in [7, 11) is 1.84. The summed E-state index contributed by atoms with van der Waals surface area (Å²) >= 11 is 7.51. The standard InChI is InChI=1S/C17H22ClN3OS/c1-17(2,3)14-9-15(21(4)20-14)19-16(22)11-23-10-12-6-5-7-13(18)8-12/h5-9H,10-11H2,1-4H3,(H,19,22). The van der Waals surface area contributed by atoms with Crippen LogP contribution >= 0.6 is 23.4 Å². The summed E-state index contributed by atoms with van der Waals surface area (Å²) in [5.41, 5.74) is 2.04. The highest BCUT2D eigenvalue weighted by Gasteiger charge is 2.19. The molecule has 0 fully saturated rings. The van der Waals surface area contributed by atoms with Gasteiger partial charge in [0.2, 0.25) is 5.91 Å². The van der Waals surface area contributed by atoms with Crippen LogP contribution in [0, 0.1) is 0 Å². The number of hydrogen-bond donors (Lipinski definition) is 1. The second-order valence-corrected chi connectivity index (χ2v) is 7.88. The van der Waals surface area contributed by atoms with Crippen LogP contribution in [0.4, 0.5) is 5.82 Å². The minimum atomic E-state index is -0.0396. The zero-order valence-corrected chi connectivity index (χ0v) is 15.5. The molecule has 0 saturated heterocycles. The van der Waals surface area contributed by atoms with Gasteiger partial charge in [-0.05, 0) is 17.7 Å². The smallest absolute Gasteiger partial charge is 0.235 e. The number of anilines is 1. The highest BCUT2D eigenvalue weighted by atomic mass is 35.5. The lowest BCUT2D eigenvalue weighted by Crippen LogP contribution is -2.16. The Balaban J connectivity index is 1.87. The maximum atomic E-state index is 12.1. The van der Waals surface area contributed by atoms with Crippen molar-refractivity contribution in [3.63, 3.8) is 0 Å². The Bertz CT molecular complexity index is 691. The van der Waals surface area contributed by atoms with E-state index in [4.69, 9.17) is 11.6 Å². The summed E-state index contributed by atoms with van der Waals surface area (Å²) in [4.78, 5) is 12.1. The van der Waals surface area contributed by atoms with Gasteiger partial charge < -0.3 is 5.32 Å². The van der Waals surface area contributed by atoms with E-state index in [1.165, 1.54) is 0 Å². The molecule has 124 valence electrons. The van der Waals surface area contributed by atoms with Gasteiger partial charge in [-0.1, -0.05) is 44.5 Å². The molecule has 0 radical (unpaired) electrons. The lowest BCUT2D eigenvalue weighted by atomic mass is 9.92. The largest absolute Gasteiger partial charge is 0.310 e. The predicted molar refractivity (Wildman–Crippen MR) is 98.2 cm³/mol. The van der Waals surface area contributed by atoms with E-state index in [0.29, 0.717) is 5.75 Å². The molecule has 1 N–H and O–H groups in total. The number of carbonyl (C=O) groups is 1. The molecular weight excluding hydrogens is 330 g/mol. The van der Waals surface area contributed by atoms with Gasteiger partial charge in [-0.2, -0.15) is 5.10 Å². The number of aromatic nitrogens is 2. The minimum absolute atomic E-state index is 0.0273. The summed E-state index contributed by atoms with van der Waals surface area (Å²) in [5, 5.41) is 8.09. The predicted octanol–water partition coefficient (Wildman–Crippen LogP) is 4.24. The zero-order chi connectivity index (χ0) is 17.0. The Kier molecular flexibility index (Phi) is 5.76. The number of carbonyl (C=O) groups excluding carboxylic acids is 1. The van der Waals surface area contributed by atoms with Crippen molar-refractivity contribution in [1.29, 1.82) is 0 Å². The SMILES string of the molecule is Cn1nc(C(C)(C)C)cc1NC(=O)CSCc1cccc(Cl)c1. The first-order chi connectivity index (χ1) is 10.8. The summed E-state index contributed by atoms with van der Waals surface area (Å²) in [6, 6.07) is 9.62. The van der Waals surface area contributed by atoms with Crippen LogP contribution in [0.3, 0.4) is 0 Å². The highest BCUT2D eigenvalue weighted by molar-refractivity contribution is 7.99. The number of rotatable bonds is 5. The fourth-order valence-corrected chi connectivity index (χ4v) is 3.01. The van der Waals surface area contributed by atoms with Gasteiger partial charge in [0, 0.05) is 29.3 Å². The zero-order valence-electron chi connectivity index (χ0n) is 13.9. The summed E-state index contributed by atoms with van der Waals surface area (Å²) < 4.78 is 1.71. The lowest BCUT2D eigenvalue weighted by Gasteiger charge is -2.13. The van der Waals surface area contributed by atoms with Crippen LogP contribution in [0.5, 0.6) is 0 Å². The molecule has 0 saturated carbocycles. The third-order valence-electron chi connectivity index (χ3n) is 3.31. The van der Waals surface area contributed by atoms with Crippen molar-refractivity contribution in [3.8, 4) is 0 Å². The molecule has 0 aliphatic carbocycles. The van der Waals surface area contributed by atoms with Gasteiger partial charge >= 0.3 is 0 Å². The normalized spacial score (nSPS) is 11.5. The number of amides is 1. The molecule has 1 aromatic carbocycles. The highest BCUT2D eigenvalue weighted by Crippen LogP contribution is 2.23. The molecule has 2 rings (SSSR count). The van der Waals surface area contributed by atoms with Crippen molar-refractivity contribution in [2.45, 2.75) is 31.9 Å². The van der Waals surface area contributed by atoms with Crippen molar-refractivity contribution in [3.05, 3.63) is 46.6 Å². The van der Waals surface area contributed by atoms with Gasteiger partial charge in [-0.25, -0.2) is 0 Å². The Morgan fingerprint density at radius 2 is 2.09 bits per heavy atom. The molecule has 0 atom stereocenters. The molecule has 0 bridgehead atoms. The number of thioether (sulfide) groups is 1. The molecule has 2 aromatic rings. The molecule has 0 spiro atoms. The average Bonchev–Trinajstić information content (AvgIpc) is 2.80. The van der Waals surface area contributed by atoms with E-state index in [2.05, 4.69) is 31.2 Å². The average molecular weight is 352 g/mol. The Morgan fingerprint density at radius 3 is 2.70 bits per heavy atom. The van der Waals surface area contributed by atoms with Crippen LogP contribution in [0.15, 0.2) is 30.3 Å². The topological polar surface area (TPSA) is 46.9 Å². The quantitative estimate of drug-likeness (QED) is 0.876. The van der Waals surface area contributed by atoms with Gasteiger partial charge in [-0.15, -0.1) is 11.8 Å². The number of nitrogens with one attached hydrogen (secondary N) is 1. The van der Waals surface area contributed by atoms with Crippen LogP contribution < -0.4 is 5.32 Å². The minimum Gasteiger partial charge on any atom is -0.310 e. The van der Waals surface area contributed by atoms with Crippen molar-refractivity contribution in [1.82, 2.24) is 9.78 Å². The Morgan fingerprint density at radius 1 is 1.35 bits per heavy atom.